The monoisotopic (exact) mass is 1060 g/mol. The molecule has 7 N–H and O–H groups in total. The van der Waals surface area contributed by atoms with Crippen molar-refractivity contribution in [3.05, 3.63) is 48.4 Å². The van der Waals surface area contributed by atoms with Gasteiger partial charge in [0.25, 0.3) is 5.91 Å². The summed E-state index contributed by atoms with van der Waals surface area (Å²) in [6.45, 7) is 8.48. The van der Waals surface area contributed by atoms with Gasteiger partial charge in [0.15, 0.2) is 5.65 Å². The van der Waals surface area contributed by atoms with Crippen molar-refractivity contribution in [1.82, 2.24) is 50.2 Å². The molecule has 1 saturated carbocycles. The van der Waals surface area contributed by atoms with Gasteiger partial charge in [0.1, 0.15) is 30.8 Å². The van der Waals surface area contributed by atoms with Crippen LogP contribution < -0.4 is 36.9 Å². The number of hydrogen-bond acceptors (Lipinski definition) is 15. The topological polar surface area (TPSA) is 268 Å². The molecule has 7 amide bonds. The third-order valence-corrected chi connectivity index (χ3v) is 11.7. The number of alkyl halides is 1. The van der Waals surface area contributed by atoms with E-state index in [-0.39, 0.29) is 44.1 Å². The van der Waals surface area contributed by atoms with Crippen LogP contribution in [0.2, 0.25) is 0 Å². The average molecular weight is 1070 g/mol. The molecule has 0 radical (unpaired) electrons. The predicted octanol–water partition coefficient (Wildman–Crippen LogP) is 4.53. The minimum atomic E-state index is -1.28. The van der Waals surface area contributed by atoms with Gasteiger partial charge in [-0.15, -0.1) is 0 Å². The van der Waals surface area contributed by atoms with Crippen LogP contribution in [-0.2, 0) is 40.3 Å². The molecule has 0 bridgehead atoms. The zero-order chi connectivity index (χ0) is 52.2. The number of likely N-dealkylation sites (tertiary alicyclic amines) is 1. The highest BCUT2D eigenvalue weighted by Crippen LogP contribution is 2.30. The van der Waals surface area contributed by atoms with Gasteiger partial charge in [-0.2, -0.15) is 10.4 Å². The number of carbonyl (C=O) groups excluding carboxylic acids is 7. The van der Waals surface area contributed by atoms with Crippen molar-refractivity contribution in [1.29, 1.82) is 0 Å². The number of hydrogen-bond donors (Lipinski definition) is 6. The van der Waals surface area contributed by atoms with Gasteiger partial charge in [-0.05, 0) is 62.7 Å². The SMILES string of the molecule is CC.CCC.CN(CCN(C)C(=O)n1ccc2c(N(C)C3CCCCC3)ncnc21)C(=O)OCc1ccc(NC(=O)CNC(=O)C2CCCN2C(=O)C(CC(N)=O)NONC(=O)CBr)cc1.CNSC. The van der Waals surface area contributed by atoms with Crippen LogP contribution in [0.1, 0.15) is 91.0 Å². The van der Waals surface area contributed by atoms with E-state index in [0.717, 1.165) is 24.0 Å². The molecule has 2 unspecified atom stereocenters. The maximum atomic E-state index is 13.4. The normalized spacial score (nSPS) is 14.5. The summed E-state index contributed by atoms with van der Waals surface area (Å²) in [6.07, 6.45) is 12.0. The van der Waals surface area contributed by atoms with Gasteiger partial charge in [-0.3, -0.25) is 33.3 Å². The molecule has 2 atom stereocenters. The van der Waals surface area contributed by atoms with Gasteiger partial charge >= 0.3 is 12.1 Å². The summed E-state index contributed by atoms with van der Waals surface area (Å²) in [5.74, 6) is -2.29. The number of fused-ring (bicyclic) bond motifs is 1. The number of nitrogens with one attached hydrogen (secondary N) is 5. The molecule has 390 valence electrons. The first kappa shape index (κ1) is 60.6. The van der Waals surface area contributed by atoms with E-state index in [9.17, 15) is 33.6 Å². The van der Waals surface area contributed by atoms with E-state index in [1.165, 1.54) is 51.3 Å². The number of likely N-dealkylation sites (N-methyl/N-ethyl adjacent to an activating group) is 2. The maximum Gasteiger partial charge on any atom is 0.409 e. The first-order valence-corrected chi connectivity index (χ1v) is 25.8. The van der Waals surface area contributed by atoms with Gasteiger partial charge in [-0.1, -0.05) is 93.4 Å². The maximum absolute atomic E-state index is 13.4. The van der Waals surface area contributed by atoms with Gasteiger partial charge < -0.3 is 40.7 Å². The van der Waals surface area contributed by atoms with E-state index in [1.54, 1.807) is 56.5 Å². The third-order valence-electron chi connectivity index (χ3n) is 10.8. The molecule has 70 heavy (non-hydrogen) atoms. The highest BCUT2D eigenvalue weighted by molar-refractivity contribution is 9.09. The number of halogens is 1. The Morgan fingerprint density at radius 2 is 1.56 bits per heavy atom. The van der Waals surface area contributed by atoms with Crippen LogP contribution in [0.15, 0.2) is 42.9 Å². The molecule has 1 aromatic carbocycles. The lowest BCUT2D eigenvalue weighted by molar-refractivity contribution is -0.153. The summed E-state index contributed by atoms with van der Waals surface area (Å²) in [4.78, 5) is 108. The van der Waals surface area contributed by atoms with E-state index in [2.05, 4.69) is 65.5 Å². The van der Waals surface area contributed by atoms with Crippen LogP contribution in [0.5, 0.6) is 0 Å². The predicted molar refractivity (Wildman–Crippen MR) is 276 cm³/mol. The smallest absolute Gasteiger partial charge is 0.409 e. The van der Waals surface area contributed by atoms with E-state index in [0.29, 0.717) is 35.8 Å². The Morgan fingerprint density at radius 1 is 0.914 bits per heavy atom. The Labute approximate surface area is 424 Å². The number of ether oxygens (including phenoxy) is 1. The fourth-order valence-electron chi connectivity index (χ4n) is 7.18. The van der Waals surface area contributed by atoms with Crippen molar-refractivity contribution >= 4 is 92.1 Å². The second kappa shape index (κ2) is 33.1. The van der Waals surface area contributed by atoms with Crippen LogP contribution >= 0.6 is 27.9 Å². The Morgan fingerprint density at radius 3 is 2.17 bits per heavy atom. The van der Waals surface area contributed by atoms with Crippen molar-refractivity contribution in [2.45, 2.75) is 110 Å². The molecule has 24 heteroatoms. The van der Waals surface area contributed by atoms with E-state index >= 15 is 0 Å². The lowest BCUT2D eigenvalue weighted by Crippen LogP contribution is -2.54. The van der Waals surface area contributed by atoms with Crippen LogP contribution in [0.3, 0.4) is 0 Å². The number of amides is 7. The summed E-state index contributed by atoms with van der Waals surface area (Å²) in [7, 11) is 7.17. The molecule has 5 rings (SSSR count). The lowest BCUT2D eigenvalue weighted by Gasteiger charge is -2.32. The number of carbonyl (C=O) groups is 7. The largest absolute Gasteiger partial charge is 0.445 e. The van der Waals surface area contributed by atoms with Crippen molar-refractivity contribution in [3.63, 3.8) is 0 Å². The van der Waals surface area contributed by atoms with Crippen LogP contribution in [0.4, 0.5) is 21.1 Å². The molecule has 1 aliphatic heterocycles. The molecule has 2 aliphatic rings. The standard InChI is InChI=1S/C39H53BrN12O9.C3H8.C2H7NS.C2H6/c1-48(38(58)52-17-15-28-34(43-24-44-35(28)52)50(3)27-8-5-4-6-9-27)18-19-49(2)39(59)60-23-25-11-13-26(14-12-25)45-33(55)22-42-36(56)30-10-7-16-51(30)37(57)29(20-31(41)53)46-61-47-32(54)21-40;1-3-2;1-3-4-2;1-2/h11-15,17,24,27,29-30,46H,4-10,16,18-23H2,1-3H3,(H2,41,53)(H,42,56)(H,45,55)(H,47,54);3H2,1-2H3;3H,1-2H3;1-2H3. The first-order valence-electron chi connectivity index (χ1n) is 23.5. The molecule has 0 spiro atoms. The Bertz CT molecular complexity index is 2110. The van der Waals surface area contributed by atoms with E-state index < -0.39 is 54.1 Å². The molecule has 1 aliphatic carbocycles. The van der Waals surface area contributed by atoms with Crippen LogP contribution in [-0.4, -0.2) is 155 Å². The quantitative estimate of drug-likeness (QED) is 0.0547. The Hall–Kier alpha value is -5.56. The van der Waals surface area contributed by atoms with E-state index in [4.69, 9.17) is 15.4 Å². The summed E-state index contributed by atoms with van der Waals surface area (Å²) in [5.41, 5.74) is 11.2. The highest BCUT2D eigenvalue weighted by atomic mass is 79.9. The summed E-state index contributed by atoms with van der Waals surface area (Å²) >= 11 is 4.55. The molecular weight excluding hydrogens is 991 g/mol. The van der Waals surface area contributed by atoms with Gasteiger partial charge in [0.05, 0.1) is 23.7 Å². The van der Waals surface area contributed by atoms with Crippen LogP contribution in [0, 0.1) is 0 Å². The molecule has 3 heterocycles. The molecule has 2 aromatic heterocycles. The van der Waals surface area contributed by atoms with Crippen molar-refractivity contribution < 1.29 is 43.2 Å². The van der Waals surface area contributed by atoms with Crippen LogP contribution in [0.25, 0.3) is 11.0 Å². The fourth-order valence-corrected chi connectivity index (χ4v) is 7.30. The lowest BCUT2D eigenvalue weighted by atomic mass is 9.94. The van der Waals surface area contributed by atoms with Crippen molar-refractivity contribution in [3.8, 4) is 0 Å². The van der Waals surface area contributed by atoms with Crippen molar-refractivity contribution in [2.24, 2.45) is 5.73 Å². The number of nitrogens with two attached hydrogens (primary N) is 1. The minimum Gasteiger partial charge on any atom is -0.445 e. The third kappa shape index (κ3) is 19.7. The molecule has 3 aromatic rings. The number of anilines is 2. The number of hydroxylamine groups is 2. The number of rotatable bonds is 19. The fraction of sp³-hybridized carbons (Fsp3) is 0.587. The zero-order valence-corrected chi connectivity index (χ0v) is 44.5. The number of aromatic nitrogens is 3. The Kier molecular flexibility index (Phi) is 28.6. The second-order valence-corrected chi connectivity index (χ2v) is 17.5. The zero-order valence-electron chi connectivity index (χ0n) is 42.0. The number of benzene rings is 1. The molecule has 2 fully saturated rings. The first-order chi connectivity index (χ1) is 33.6. The number of nitrogens with zero attached hydrogens (tertiary/aromatic N) is 7. The Balaban J connectivity index is 0.00000173. The molecule has 22 nitrogen and oxygen atoms in total. The van der Waals surface area contributed by atoms with Gasteiger partial charge in [0, 0.05) is 58.7 Å². The number of primary amides is 1. The molecule has 1 saturated heterocycles. The minimum absolute atomic E-state index is 0.0427. The summed E-state index contributed by atoms with van der Waals surface area (Å²) in [6, 6.07) is 6.35. The highest BCUT2D eigenvalue weighted by Gasteiger charge is 2.38. The summed E-state index contributed by atoms with van der Waals surface area (Å²) in [5, 5.41) is 5.95. The van der Waals surface area contributed by atoms with E-state index in [1.807, 2.05) is 45.7 Å². The second-order valence-electron chi connectivity index (χ2n) is 16.1. The van der Waals surface area contributed by atoms with Crippen molar-refractivity contribution in [2.75, 3.05) is 76.2 Å². The average Bonchev–Trinajstić information content (AvgIpc) is 4.05. The summed E-state index contributed by atoms with van der Waals surface area (Å²) < 4.78 is 9.80. The van der Waals surface area contributed by atoms with Gasteiger partial charge in [0.2, 0.25) is 23.6 Å². The van der Waals surface area contributed by atoms with Gasteiger partial charge in [-0.25, -0.2) is 25.0 Å². The molecular formula is C46H74BrN13O9S.